The highest BCUT2D eigenvalue weighted by Gasteiger charge is 2.24. The molecule has 0 nitrogen and oxygen atoms in total. The predicted octanol–water partition coefficient (Wildman–Crippen LogP) is 2.42. The highest BCUT2D eigenvalue weighted by atomic mass is 32.4. The minimum absolute atomic E-state index is 0.425. The van der Waals surface area contributed by atoms with Gasteiger partial charge in [-0.2, -0.15) is 0 Å². The Morgan fingerprint density at radius 3 is 1.31 bits per heavy atom. The van der Waals surface area contributed by atoms with Crippen LogP contribution in [0.3, 0.4) is 0 Å². The second-order valence-corrected chi connectivity index (χ2v) is 3.19. The van der Waals surface area contributed by atoms with E-state index >= 15 is 0 Å². The first-order valence-corrected chi connectivity index (χ1v) is 4.76. The molecule has 13 heavy (non-hydrogen) atoms. The van der Waals surface area contributed by atoms with E-state index in [-0.39, 0.29) is 0 Å². The van der Waals surface area contributed by atoms with Crippen molar-refractivity contribution < 1.29 is 22.0 Å². The Hall–Kier alpha value is -0.610. The van der Waals surface area contributed by atoms with Crippen LogP contribution in [0.15, 0.2) is 0 Å². The fourth-order valence-electron chi connectivity index (χ4n) is 0.673. The molecule has 0 radical (unpaired) electrons. The van der Waals surface area contributed by atoms with Crippen LogP contribution in [0.5, 0.6) is 0 Å². The minimum atomic E-state index is -2.17. The van der Waals surface area contributed by atoms with Crippen molar-refractivity contribution >= 4 is 24.5 Å². The van der Waals surface area contributed by atoms with Gasteiger partial charge in [0, 0.05) is 7.36 Å². The first-order chi connectivity index (χ1) is 6.00. The molecule has 1 rings (SSSR count). The fraction of sp³-hybridized carbons (Fsp3) is 0. The topological polar surface area (TPSA) is 0 Å². The van der Waals surface area contributed by atoms with Gasteiger partial charge in [0.25, 0.3) is 0 Å². The van der Waals surface area contributed by atoms with Crippen molar-refractivity contribution in [3.8, 4) is 0 Å². The summed E-state index contributed by atoms with van der Waals surface area (Å²) in [5.74, 6) is -9.84. The summed E-state index contributed by atoms with van der Waals surface area (Å²) in [6.07, 6.45) is 0. The third kappa shape index (κ3) is 1.56. The molecule has 1 aromatic carbocycles. The normalized spacial score (nSPS) is 10.8. The molecule has 0 saturated heterocycles. The standard InChI is InChI=1S/C6F5PS/c7-1-2(8)4(10)6(12-13)5(11)3(1)9. The van der Waals surface area contributed by atoms with E-state index in [2.05, 4.69) is 11.8 Å². The lowest BCUT2D eigenvalue weighted by Crippen LogP contribution is -2.14. The van der Waals surface area contributed by atoms with Gasteiger partial charge in [0.1, 0.15) is 0 Å². The van der Waals surface area contributed by atoms with Crippen LogP contribution in [0, 0.1) is 29.1 Å². The molecule has 0 bridgehead atoms. The van der Waals surface area contributed by atoms with E-state index in [1.807, 2.05) is 0 Å². The molecule has 0 aliphatic carbocycles. The summed E-state index contributed by atoms with van der Waals surface area (Å²) in [7, 11) is -0.425. The van der Waals surface area contributed by atoms with Gasteiger partial charge >= 0.3 is 0 Å². The maximum Gasteiger partial charge on any atom is 0.200 e. The molecule has 0 atom stereocenters. The molecule has 1 aromatic rings. The lowest BCUT2D eigenvalue weighted by molar-refractivity contribution is 0.384. The monoisotopic (exact) mass is 230 g/mol. The SMILES string of the molecule is Fc1c(F)c(F)c(P=S)c(F)c1F. The highest BCUT2D eigenvalue weighted by Crippen LogP contribution is 2.18. The van der Waals surface area contributed by atoms with Crippen LogP contribution in [0.25, 0.3) is 0 Å². The molecule has 0 spiro atoms. The van der Waals surface area contributed by atoms with Gasteiger partial charge in [-0.05, 0) is 0 Å². The molecule has 0 aliphatic rings. The molecule has 0 aromatic heterocycles. The summed E-state index contributed by atoms with van der Waals surface area (Å²) in [5, 5.41) is -0.994. The van der Waals surface area contributed by atoms with Crippen molar-refractivity contribution in [3.05, 3.63) is 29.1 Å². The largest absolute Gasteiger partial charge is 0.202 e. The summed E-state index contributed by atoms with van der Waals surface area (Å²) in [6, 6.07) is 0. The van der Waals surface area contributed by atoms with Crippen molar-refractivity contribution in [1.82, 2.24) is 0 Å². The highest BCUT2D eigenvalue weighted by molar-refractivity contribution is 7.99. The van der Waals surface area contributed by atoms with E-state index in [1.165, 1.54) is 0 Å². The summed E-state index contributed by atoms with van der Waals surface area (Å²) in [4.78, 5) is 0. The second kappa shape index (κ2) is 3.64. The molecule has 0 N–H and O–H groups in total. The molecular weight excluding hydrogens is 230 g/mol. The van der Waals surface area contributed by atoms with E-state index in [4.69, 9.17) is 0 Å². The average Bonchev–Trinajstić information content (AvgIpc) is 2.13. The zero-order chi connectivity index (χ0) is 10.2. The lowest BCUT2D eigenvalue weighted by Gasteiger charge is -2.01. The van der Waals surface area contributed by atoms with Crippen LogP contribution in [-0.2, 0) is 11.8 Å². The molecular formula is C6F5PS. The first kappa shape index (κ1) is 10.5. The van der Waals surface area contributed by atoms with E-state index in [9.17, 15) is 22.0 Å². The molecule has 7 heteroatoms. The van der Waals surface area contributed by atoms with Gasteiger partial charge < -0.3 is 0 Å². The Morgan fingerprint density at radius 2 is 1.00 bits per heavy atom. The van der Waals surface area contributed by atoms with Gasteiger partial charge in [-0.15, -0.1) is 0 Å². The number of rotatable bonds is 1. The van der Waals surface area contributed by atoms with Crippen LogP contribution in [0.4, 0.5) is 22.0 Å². The summed E-state index contributed by atoms with van der Waals surface area (Å²) in [6.45, 7) is 0. The molecule has 0 fully saturated rings. The Bertz CT molecular complexity index is 349. The smallest absolute Gasteiger partial charge is 0.200 e. The van der Waals surface area contributed by atoms with Gasteiger partial charge in [-0.25, -0.2) is 22.0 Å². The van der Waals surface area contributed by atoms with Crippen molar-refractivity contribution in [2.24, 2.45) is 0 Å². The third-order valence-electron chi connectivity index (χ3n) is 1.28. The zero-order valence-electron chi connectivity index (χ0n) is 5.75. The van der Waals surface area contributed by atoms with Crippen LogP contribution in [0.2, 0.25) is 0 Å². The molecule has 0 heterocycles. The minimum Gasteiger partial charge on any atom is -0.202 e. The molecule has 0 amide bonds. The zero-order valence-corrected chi connectivity index (χ0v) is 7.46. The summed E-state index contributed by atoms with van der Waals surface area (Å²) in [5.41, 5.74) is 0. The predicted molar refractivity (Wildman–Crippen MR) is 40.2 cm³/mol. The second-order valence-electron chi connectivity index (χ2n) is 2.01. The number of halogens is 5. The van der Waals surface area contributed by atoms with Gasteiger partial charge in [0.2, 0.25) is 5.82 Å². The van der Waals surface area contributed by atoms with Crippen molar-refractivity contribution in [3.63, 3.8) is 0 Å². The average molecular weight is 230 g/mol. The maximum absolute atomic E-state index is 12.6. The van der Waals surface area contributed by atoms with Crippen LogP contribution in [-0.4, -0.2) is 0 Å². The molecule has 0 saturated carbocycles. The third-order valence-corrected chi connectivity index (χ3v) is 2.40. The van der Waals surface area contributed by atoms with Crippen LogP contribution in [0.1, 0.15) is 0 Å². The van der Waals surface area contributed by atoms with Gasteiger partial charge in [-0.3, -0.25) is 0 Å². The van der Waals surface area contributed by atoms with Crippen molar-refractivity contribution in [1.29, 1.82) is 0 Å². The van der Waals surface area contributed by atoms with Gasteiger partial charge in [-0.1, -0.05) is 11.8 Å². The Morgan fingerprint density at radius 1 is 0.692 bits per heavy atom. The van der Waals surface area contributed by atoms with Crippen molar-refractivity contribution in [2.75, 3.05) is 0 Å². The van der Waals surface area contributed by atoms with E-state index < -0.39 is 41.7 Å². The maximum atomic E-state index is 12.6. The van der Waals surface area contributed by atoms with E-state index in [0.717, 1.165) is 0 Å². The van der Waals surface area contributed by atoms with Crippen LogP contribution >= 0.6 is 7.36 Å². The van der Waals surface area contributed by atoms with E-state index in [0.29, 0.717) is 0 Å². The number of hydrogen-bond acceptors (Lipinski definition) is 1. The Balaban J connectivity index is 3.66. The molecule has 0 unspecified atom stereocenters. The number of benzene rings is 1. The quantitative estimate of drug-likeness (QED) is 0.309. The lowest BCUT2D eigenvalue weighted by atomic mass is 10.3. The van der Waals surface area contributed by atoms with Crippen molar-refractivity contribution in [2.45, 2.75) is 0 Å². The fourth-order valence-corrected chi connectivity index (χ4v) is 1.51. The number of hydrogen-bond donors (Lipinski definition) is 0. The molecule has 70 valence electrons. The van der Waals surface area contributed by atoms with E-state index in [1.54, 1.807) is 0 Å². The summed E-state index contributed by atoms with van der Waals surface area (Å²) < 4.78 is 62.3. The summed E-state index contributed by atoms with van der Waals surface area (Å²) >= 11 is 4.19. The van der Waals surface area contributed by atoms with Gasteiger partial charge in [0.15, 0.2) is 23.3 Å². The van der Waals surface area contributed by atoms with Crippen LogP contribution < -0.4 is 5.30 Å². The molecule has 0 aliphatic heterocycles. The Kier molecular flexibility index (Phi) is 2.93. The Labute approximate surface area is 76.2 Å². The van der Waals surface area contributed by atoms with Gasteiger partial charge in [0.05, 0.1) is 5.30 Å². The first-order valence-electron chi connectivity index (χ1n) is 2.85.